The van der Waals surface area contributed by atoms with Gasteiger partial charge in [0.2, 0.25) is 5.13 Å². The predicted molar refractivity (Wildman–Crippen MR) is 109 cm³/mol. The van der Waals surface area contributed by atoms with E-state index in [-0.39, 0.29) is 11.6 Å². The van der Waals surface area contributed by atoms with Gasteiger partial charge in [-0.3, -0.25) is 10.1 Å². The molecule has 0 unspecified atom stereocenters. The molecule has 2 heterocycles. The van der Waals surface area contributed by atoms with E-state index in [1.807, 2.05) is 24.3 Å². The van der Waals surface area contributed by atoms with E-state index < -0.39 is 0 Å². The summed E-state index contributed by atoms with van der Waals surface area (Å²) >= 11 is 1.38. The number of amides is 1. The van der Waals surface area contributed by atoms with Gasteiger partial charge in [0.15, 0.2) is 11.5 Å². The first-order chi connectivity index (χ1) is 13.7. The van der Waals surface area contributed by atoms with Gasteiger partial charge in [-0.2, -0.15) is 0 Å². The zero-order chi connectivity index (χ0) is 19.8. The van der Waals surface area contributed by atoms with Crippen molar-refractivity contribution in [3.05, 3.63) is 41.0 Å². The third-order valence-electron chi connectivity index (χ3n) is 4.08. The second-order valence-corrected chi connectivity index (χ2v) is 7.42. The molecule has 0 spiro atoms. The summed E-state index contributed by atoms with van der Waals surface area (Å²) < 4.78 is 11.0. The van der Waals surface area contributed by atoms with Gasteiger partial charge in [0.1, 0.15) is 10.8 Å². The second-order valence-electron chi connectivity index (χ2n) is 6.36. The molecular weight excluding hydrogens is 376 g/mol. The SMILES string of the molecule is CCCCOc1ccc(-c2cc(C(=O)Nc3nnc(CCCC)s3)no2)cc1. The summed E-state index contributed by atoms with van der Waals surface area (Å²) in [6.45, 7) is 4.95. The van der Waals surface area contributed by atoms with Gasteiger partial charge in [-0.1, -0.05) is 43.2 Å². The number of carbonyl (C=O) groups excluding carboxylic acids is 1. The minimum absolute atomic E-state index is 0.198. The predicted octanol–water partition coefficient (Wildman–Crippen LogP) is 4.97. The van der Waals surface area contributed by atoms with Crippen LogP contribution in [-0.2, 0) is 6.42 Å². The normalized spacial score (nSPS) is 10.8. The fourth-order valence-corrected chi connectivity index (χ4v) is 3.24. The molecule has 0 fully saturated rings. The van der Waals surface area contributed by atoms with Gasteiger partial charge in [0.25, 0.3) is 5.91 Å². The van der Waals surface area contributed by atoms with Crippen molar-refractivity contribution in [2.75, 3.05) is 11.9 Å². The van der Waals surface area contributed by atoms with Crippen molar-refractivity contribution < 1.29 is 14.1 Å². The lowest BCUT2D eigenvalue weighted by atomic mass is 10.1. The molecule has 0 saturated carbocycles. The number of unbranched alkanes of at least 4 members (excludes halogenated alkanes) is 2. The highest BCUT2D eigenvalue weighted by molar-refractivity contribution is 7.15. The maximum absolute atomic E-state index is 12.4. The summed E-state index contributed by atoms with van der Waals surface area (Å²) in [7, 11) is 0. The summed E-state index contributed by atoms with van der Waals surface area (Å²) in [5, 5.41) is 16.1. The zero-order valence-electron chi connectivity index (χ0n) is 16.1. The van der Waals surface area contributed by atoms with E-state index in [4.69, 9.17) is 9.26 Å². The summed E-state index contributed by atoms with van der Waals surface area (Å²) in [4.78, 5) is 12.4. The topological polar surface area (TPSA) is 90.1 Å². The van der Waals surface area contributed by atoms with Crippen molar-refractivity contribution in [3.63, 3.8) is 0 Å². The van der Waals surface area contributed by atoms with Crippen LogP contribution in [-0.4, -0.2) is 27.9 Å². The number of nitrogens with zero attached hydrogens (tertiary/aromatic N) is 3. The highest BCUT2D eigenvalue weighted by Crippen LogP contribution is 2.24. The lowest BCUT2D eigenvalue weighted by Crippen LogP contribution is -2.11. The summed E-state index contributed by atoms with van der Waals surface area (Å²) in [6, 6.07) is 9.14. The molecule has 0 aliphatic carbocycles. The van der Waals surface area contributed by atoms with Crippen molar-refractivity contribution in [1.29, 1.82) is 0 Å². The van der Waals surface area contributed by atoms with Gasteiger partial charge in [-0.25, -0.2) is 0 Å². The molecule has 0 radical (unpaired) electrons. The van der Waals surface area contributed by atoms with Crippen molar-refractivity contribution in [2.24, 2.45) is 0 Å². The van der Waals surface area contributed by atoms with E-state index in [9.17, 15) is 4.79 Å². The van der Waals surface area contributed by atoms with Gasteiger partial charge < -0.3 is 9.26 Å². The molecule has 3 rings (SSSR count). The molecule has 1 N–H and O–H groups in total. The Balaban J connectivity index is 1.59. The van der Waals surface area contributed by atoms with Crippen LogP contribution < -0.4 is 10.1 Å². The summed E-state index contributed by atoms with van der Waals surface area (Å²) in [5.41, 5.74) is 1.02. The number of benzene rings is 1. The largest absolute Gasteiger partial charge is 0.494 e. The molecule has 7 nitrogen and oxygen atoms in total. The molecule has 1 aromatic carbocycles. The van der Waals surface area contributed by atoms with E-state index in [0.29, 0.717) is 17.5 Å². The number of carbonyl (C=O) groups is 1. The zero-order valence-corrected chi connectivity index (χ0v) is 16.9. The maximum atomic E-state index is 12.4. The monoisotopic (exact) mass is 400 g/mol. The molecule has 0 atom stereocenters. The lowest BCUT2D eigenvalue weighted by Gasteiger charge is -2.05. The second kappa shape index (κ2) is 9.98. The highest BCUT2D eigenvalue weighted by atomic mass is 32.1. The van der Waals surface area contributed by atoms with Crippen LogP contribution in [0.4, 0.5) is 5.13 Å². The van der Waals surface area contributed by atoms with Gasteiger partial charge in [0, 0.05) is 18.1 Å². The Morgan fingerprint density at radius 3 is 2.68 bits per heavy atom. The first-order valence-electron chi connectivity index (χ1n) is 9.53. The average Bonchev–Trinajstić information content (AvgIpc) is 3.37. The maximum Gasteiger partial charge on any atom is 0.279 e. The molecule has 2 aromatic heterocycles. The average molecular weight is 401 g/mol. The number of hydrogen-bond acceptors (Lipinski definition) is 7. The van der Waals surface area contributed by atoms with Crippen LogP contribution in [0.2, 0.25) is 0 Å². The first kappa shape index (κ1) is 20.0. The Morgan fingerprint density at radius 2 is 1.93 bits per heavy atom. The van der Waals surface area contributed by atoms with Crippen LogP contribution in [0.3, 0.4) is 0 Å². The van der Waals surface area contributed by atoms with Crippen molar-refractivity contribution in [3.8, 4) is 17.1 Å². The fourth-order valence-electron chi connectivity index (χ4n) is 2.46. The molecule has 0 aliphatic heterocycles. The van der Waals surface area contributed by atoms with Crippen molar-refractivity contribution in [2.45, 2.75) is 46.0 Å². The Labute approximate surface area is 168 Å². The highest BCUT2D eigenvalue weighted by Gasteiger charge is 2.16. The van der Waals surface area contributed by atoms with Crippen LogP contribution >= 0.6 is 11.3 Å². The standard InChI is InChI=1S/C20H24N4O3S/c1-3-5-7-18-22-23-20(28-18)21-19(25)16-13-17(27-24-16)14-8-10-15(11-9-14)26-12-6-4-2/h8-11,13H,3-7,12H2,1-2H3,(H,21,23,25). The third kappa shape index (κ3) is 5.39. The number of aromatic nitrogens is 3. The van der Waals surface area contributed by atoms with E-state index in [0.717, 1.165) is 48.4 Å². The molecule has 8 heteroatoms. The quantitative estimate of drug-likeness (QED) is 0.483. The molecule has 3 aromatic rings. The summed E-state index contributed by atoms with van der Waals surface area (Å²) in [5.74, 6) is 0.962. The Hall–Kier alpha value is -2.74. The number of hydrogen-bond donors (Lipinski definition) is 1. The van der Waals surface area contributed by atoms with Gasteiger partial charge in [-0.15, -0.1) is 10.2 Å². The van der Waals surface area contributed by atoms with E-state index >= 15 is 0 Å². The van der Waals surface area contributed by atoms with Crippen LogP contribution in [0.25, 0.3) is 11.3 Å². The Morgan fingerprint density at radius 1 is 1.14 bits per heavy atom. The van der Waals surface area contributed by atoms with E-state index in [1.165, 1.54) is 11.3 Å². The summed E-state index contributed by atoms with van der Waals surface area (Å²) in [6.07, 6.45) is 5.14. The number of aryl methyl sites for hydroxylation is 1. The fraction of sp³-hybridized carbons (Fsp3) is 0.400. The lowest BCUT2D eigenvalue weighted by molar-refractivity contribution is 0.101. The number of anilines is 1. The molecule has 0 bridgehead atoms. The molecule has 0 saturated heterocycles. The Kier molecular flexibility index (Phi) is 7.13. The van der Waals surface area contributed by atoms with Crippen LogP contribution in [0.1, 0.15) is 55.0 Å². The minimum Gasteiger partial charge on any atom is -0.494 e. The van der Waals surface area contributed by atoms with Crippen LogP contribution in [0, 0.1) is 0 Å². The smallest absolute Gasteiger partial charge is 0.279 e. The minimum atomic E-state index is -0.368. The van der Waals surface area contributed by atoms with E-state index in [2.05, 4.69) is 34.5 Å². The number of ether oxygens (including phenoxy) is 1. The molecule has 28 heavy (non-hydrogen) atoms. The van der Waals surface area contributed by atoms with Crippen molar-refractivity contribution in [1.82, 2.24) is 15.4 Å². The third-order valence-corrected chi connectivity index (χ3v) is 4.98. The first-order valence-corrected chi connectivity index (χ1v) is 10.3. The number of rotatable bonds is 10. The van der Waals surface area contributed by atoms with Crippen LogP contribution in [0.5, 0.6) is 5.75 Å². The molecule has 1 amide bonds. The molecule has 0 aliphatic rings. The van der Waals surface area contributed by atoms with Gasteiger partial charge in [0.05, 0.1) is 6.61 Å². The molecule has 148 valence electrons. The van der Waals surface area contributed by atoms with Gasteiger partial charge in [-0.05, 0) is 37.1 Å². The van der Waals surface area contributed by atoms with Gasteiger partial charge >= 0.3 is 0 Å². The van der Waals surface area contributed by atoms with Crippen LogP contribution in [0.15, 0.2) is 34.9 Å². The molecular formula is C20H24N4O3S. The van der Waals surface area contributed by atoms with Crippen molar-refractivity contribution >= 4 is 22.4 Å². The van der Waals surface area contributed by atoms with E-state index in [1.54, 1.807) is 6.07 Å². The Bertz CT molecular complexity index is 889. The number of nitrogens with one attached hydrogen (secondary N) is 1.